The summed E-state index contributed by atoms with van der Waals surface area (Å²) in [6.45, 7) is 2.76. The molecule has 4 rings (SSSR count). The van der Waals surface area contributed by atoms with Crippen LogP contribution in [0.15, 0.2) is 23.2 Å². The molecule has 0 saturated carbocycles. The van der Waals surface area contributed by atoms with Crippen molar-refractivity contribution >= 4 is 5.96 Å². The van der Waals surface area contributed by atoms with Gasteiger partial charge in [-0.1, -0.05) is 6.07 Å². The second kappa shape index (κ2) is 6.00. The van der Waals surface area contributed by atoms with Crippen LogP contribution in [0, 0.1) is 11.8 Å². The molecule has 0 aliphatic carbocycles. The van der Waals surface area contributed by atoms with Gasteiger partial charge in [-0.25, -0.2) is 4.98 Å². The SMILES string of the molecule is CN=C(NCc1cccc(OC)n1)N1CC2C3CCC(O3)C2C1. The summed E-state index contributed by atoms with van der Waals surface area (Å²) in [6, 6.07) is 5.81. The monoisotopic (exact) mass is 316 g/mol. The van der Waals surface area contributed by atoms with E-state index in [4.69, 9.17) is 9.47 Å². The number of fused-ring (bicyclic) bond motifs is 5. The van der Waals surface area contributed by atoms with Gasteiger partial charge in [0.05, 0.1) is 31.6 Å². The Hall–Kier alpha value is -1.82. The van der Waals surface area contributed by atoms with Gasteiger partial charge in [-0.05, 0) is 18.9 Å². The molecule has 2 bridgehead atoms. The molecule has 4 heterocycles. The van der Waals surface area contributed by atoms with E-state index in [9.17, 15) is 0 Å². The Balaban J connectivity index is 1.38. The molecule has 1 aromatic heterocycles. The topological polar surface area (TPSA) is 59.0 Å². The van der Waals surface area contributed by atoms with E-state index in [1.54, 1.807) is 7.11 Å². The summed E-state index contributed by atoms with van der Waals surface area (Å²) >= 11 is 0. The van der Waals surface area contributed by atoms with E-state index < -0.39 is 0 Å². The average molecular weight is 316 g/mol. The minimum absolute atomic E-state index is 0.480. The van der Waals surface area contributed by atoms with Gasteiger partial charge in [0.25, 0.3) is 0 Å². The fourth-order valence-corrected chi connectivity index (χ4v) is 4.30. The van der Waals surface area contributed by atoms with Crippen LogP contribution in [0.5, 0.6) is 5.88 Å². The van der Waals surface area contributed by atoms with Crippen molar-refractivity contribution in [1.29, 1.82) is 0 Å². The molecule has 0 radical (unpaired) electrons. The van der Waals surface area contributed by atoms with Crippen LogP contribution >= 0.6 is 0 Å². The predicted molar refractivity (Wildman–Crippen MR) is 87.4 cm³/mol. The summed E-state index contributed by atoms with van der Waals surface area (Å²) in [5, 5.41) is 3.44. The third-order valence-corrected chi connectivity index (χ3v) is 5.38. The molecule has 4 unspecified atom stereocenters. The zero-order valence-electron chi connectivity index (χ0n) is 13.7. The molecule has 0 aromatic carbocycles. The lowest BCUT2D eigenvalue weighted by atomic mass is 9.82. The Labute approximate surface area is 136 Å². The first kappa shape index (κ1) is 14.8. The maximum absolute atomic E-state index is 6.04. The Morgan fingerprint density at radius 1 is 1.35 bits per heavy atom. The number of nitrogens with zero attached hydrogens (tertiary/aromatic N) is 3. The lowest BCUT2D eigenvalue weighted by Crippen LogP contribution is -2.41. The van der Waals surface area contributed by atoms with Crippen molar-refractivity contribution in [1.82, 2.24) is 15.2 Å². The van der Waals surface area contributed by atoms with Crippen LogP contribution < -0.4 is 10.1 Å². The summed E-state index contributed by atoms with van der Waals surface area (Å²) in [4.78, 5) is 11.3. The smallest absolute Gasteiger partial charge is 0.213 e. The zero-order chi connectivity index (χ0) is 15.8. The van der Waals surface area contributed by atoms with Crippen LogP contribution in [0.4, 0.5) is 0 Å². The van der Waals surface area contributed by atoms with Crippen LogP contribution in [0.3, 0.4) is 0 Å². The van der Waals surface area contributed by atoms with Crippen LogP contribution in [0.25, 0.3) is 0 Å². The van der Waals surface area contributed by atoms with Crippen molar-refractivity contribution in [2.45, 2.75) is 31.6 Å². The van der Waals surface area contributed by atoms with Gasteiger partial charge in [-0.15, -0.1) is 0 Å². The zero-order valence-corrected chi connectivity index (χ0v) is 13.7. The van der Waals surface area contributed by atoms with Crippen LogP contribution in [0.2, 0.25) is 0 Å². The Kier molecular flexibility index (Phi) is 3.85. The highest BCUT2D eigenvalue weighted by Gasteiger charge is 2.53. The van der Waals surface area contributed by atoms with Crippen molar-refractivity contribution in [2.75, 3.05) is 27.2 Å². The highest BCUT2D eigenvalue weighted by atomic mass is 16.5. The van der Waals surface area contributed by atoms with Crippen LogP contribution in [-0.4, -0.2) is 55.3 Å². The van der Waals surface area contributed by atoms with Gasteiger partial charge < -0.3 is 19.7 Å². The molecule has 124 valence electrons. The number of methoxy groups -OCH3 is 1. The average Bonchev–Trinajstić information content (AvgIpc) is 3.28. The largest absolute Gasteiger partial charge is 0.481 e. The maximum Gasteiger partial charge on any atom is 0.213 e. The van der Waals surface area contributed by atoms with E-state index in [0.717, 1.165) is 24.7 Å². The summed E-state index contributed by atoms with van der Waals surface area (Å²) in [7, 11) is 3.48. The molecule has 3 fully saturated rings. The number of hydrogen-bond donors (Lipinski definition) is 1. The number of aliphatic imine (C=N–C) groups is 1. The molecule has 3 aliphatic rings. The molecule has 3 aliphatic heterocycles. The molecular formula is C17H24N4O2. The van der Waals surface area contributed by atoms with Gasteiger partial charge in [0.1, 0.15) is 0 Å². The molecule has 1 aromatic rings. The molecule has 0 spiro atoms. The molecule has 4 atom stereocenters. The highest BCUT2D eigenvalue weighted by molar-refractivity contribution is 5.80. The van der Waals surface area contributed by atoms with Gasteiger partial charge >= 0.3 is 0 Å². The Bertz CT molecular complexity index is 588. The molecule has 23 heavy (non-hydrogen) atoms. The molecule has 0 amide bonds. The van der Waals surface area contributed by atoms with Gasteiger partial charge in [0, 0.05) is 38.0 Å². The molecule has 3 saturated heterocycles. The normalized spacial score (nSPS) is 32.3. The first-order valence-corrected chi connectivity index (χ1v) is 8.39. The molecule has 6 heteroatoms. The minimum Gasteiger partial charge on any atom is -0.481 e. The molecular weight excluding hydrogens is 292 g/mol. The third-order valence-electron chi connectivity index (χ3n) is 5.38. The van der Waals surface area contributed by atoms with Crippen LogP contribution in [0.1, 0.15) is 18.5 Å². The molecule has 6 nitrogen and oxygen atoms in total. The van der Waals surface area contributed by atoms with Crippen molar-refractivity contribution in [3.8, 4) is 5.88 Å². The second-order valence-electron chi connectivity index (χ2n) is 6.60. The van der Waals surface area contributed by atoms with E-state index in [-0.39, 0.29) is 0 Å². The lowest BCUT2D eigenvalue weighted by Gasteiger charge is -2.23. The first-order chi connectivity index (χ1) is 11.3. The molecule has 1 N–H and O–H groups in total. The Morgan fingerprint density at radius 2 is 2.09 bits per heavy atom. The van der Waals surface area contributed by atoms with Crippen molar-refractivity contribution < 1.29 is 9.47 Å². The van der Waals surface area contributed by atoms with Gasteiger partial charge in [0.2, 0.25) is 5.88 Å². The summed E-state index contributed by atoms with van der Waals surface area (Å²) in [5.41, 5.74) is 0.952. The summed E-state index contributed by atoms with van der Waals surface area (Å²) in [5.74, 6) is 2.97. The predicted octanol–water partition coefficient (Wildman–Crippen LogP) is 1.27. The van der Waals surface area contributed by atoms with E-state index in [0.29, 0.717) is 36.5 Å². The third kappa shape index (κ3) is 2.65. The van der Waals surface area contributed by atoms with Gasteiger partial charge in [-0.2, -0.15) is 0 Å². The van der Waals surface area contributed by atoms with Gasteiger partial charge in [0.15, 0.2) is 5.96 Å². The fraction of sp³-hybridized carbons (Fsp3) is 0.647. The second-order valence-corrected chi connectivity index (χ2v) is 6.60. The van der Waals surface area contributed by atoms with Crippen LogP contribution in [-0.2, 0) is 11.3 Å². The van der Waals surface area contributed by atoms with Crippen molar-refractivity contribution in [3.63, 3.8) is 0 Å². The number of aromatic nitrogens is 1. The Morgan fingerprint density at radius 3 is 2.74 bits per heavy atom. The fourth-order valence-electron chi connectivity index (χ4n) is 4.30. The first-order valence-electron chi connectivity index (χ1n) is 8.39. The van der Waals surface area contributed by atoms with E-state index in [1.165, 1.54) is 12.8 Å². The number of likely N-dealkylation sites (tertiary alicyclic amines) is 1. The van der Waals surface area contributed by atoms with E-state index in [1.807, 2.05) is 25.2 Å². The highest BCUT2D eigenvalue weighted by Crippen LogP contribution is 2.47. The summed E-state index contributed by atoms with van der Waals surface area (Å²) < 4.78 is 11.2. The van der Waals surface area contributed by atoms with Crippen molar-refractivity contribution in [3.05, 3.63) is 23.9 Å². The number of rotatable bonds is 3. The minimum atomic E-state index is 0.480. The number of guanidine groups is 1. The number of ether oxygens (including phenoxy) is 2. The quantitative estimate of drug-likeness (QED) is 0.672. The standard InChI is InChI=1S/C17H24N4O2/c1-18-17(19-8-11-4-3-5-16(20-11)22-2)21-9-12-13(10-21)15-7-6-14(12)23-15/h3-5,12-15H,6-10H2,1-2H3,(H,18,19). The van der Waals surface area contributed by atoms with Gasteiger partial charge in [-0.3, -0.25) is 4.99 Å². The number of pyridine rings is 1. The number of hydrogen-bond acceptors (Lipinski definition) is 4. The van der Waals surface area contributed by atoms with E-state index >= 15 is 0 Å². The van der Waals surface area contributed by atoms with E-state index in [2.05, 4.69) is 20.2 Å². The summed E-state index contributed by atoms with van der Waals surface area (Å²) in [6.07, 6.45) is 3.43. The maximum atomic E-state index is 6.04. The lowest BCUT2D eigenvalue weighted by molar-refractivity contribution is 0.0767. The number of nitrogens with one attached hydrogen (secondary N) is 1. The van der Waals surface area contributed by atoms with Crippen molar-refractivity contribution in [2.24, 2.45) is 16.8 Å².